The summed E-state index contributed by atoms with van der Waals surface area (Å²) in [6, 6.07) is 8.36. The largest absolute Gasteiger partial charge is 0.493 e. The van der Waals surface area contributed by atoms with E-state index in [0.717, 1.165) is 0 Å². The molecule has 36 heavy (non-hydrogen) atoms. The summed E-state index contributed by atoms with van der Waals surface area (Å²) >= 11 is 12.3. The normalized spacial score (nSPS) is 17.3. The van der Waals surface area contributed by atoms with Gasteiger partial charge in [-0.05, 0) is 37.1 Å². The summed E-state index contributed by atoms with van der Waals surface area (Å²) in [5, 5.41) is 9.98. The first-order valence-corrected chi connectivity index (χ1v) is 13.3. The van der Waals surface area contributed by atoms with Gasteiger partial charge in [0.2, 0.25) is 5.75 Å². The molecule has 1 amide bonds. The van der Waals surface area contributed by atoms with E-state index in [4.69, 9.17) is 46.7 Å². The van der Waals surface area contributed by atoms with E-state index >= 15 is 0 Å². The number of rotatable bonds is 8. The molecule has 0 saturated carbocycles. The molecule has 0 aromatic heterocycles. The van der Waals surface area contributed by atoms with Crippen LogP contribution in [0.25, 0.3) is 0 Å². The average molecular weight is 566 g/mol. The molecular formula is C23H29Cl2NO9S. The van der Waals surface area contributed by atoms with Gasteiger partial charge >= 0.3 is 0 Å². The van der Waals surface area contributed by atoms with Gasteiger partial charge in [-0.3, -0.25) is 9.35 Å². The summed E-state index contributed by atoms with van der Waals surface area (Å²) in [6.45, 7) is 0.415. The van der Waals surface area contributed by atoms with Crippen molar-refractivity contribution in [1.29, 1.82) is 0 Å². The zero-order valence-electron chi connectivity index (χ0n) is 20.2. The summed E-state index contributed by atoms with van der Waals surface area (Å²) in [5.41, 5.74) is 1.08. The lowest BCUT2D eigenvalue weighted by molar-refractivity contribution is -0.00222. The minimum atomic E-state index is -3.67. The van der Waals surface area contributed by atoms with Crippen LogP contribution < -0.4 is 14.2 Å². The summed E-state index contributed by atoms with van der Waals surface area (Å²) in [7, 11) is 0.824. The van der Waals surface area contributed by atoms with Crippen LogP contribution in [0.2, 0.25) is 10.0 Å². The number of aliphatic hydroxyl groups is 1. The number of benzene rings is 2. The second-order valence-corrected chi connectivity index (χ2v) is 10.0. The minimum absolute atomic E-state index is 0.0537. The molecule has 3 rings (SSSR count). The Morgan fingerprint density at radius 3 is 2.14 bits per heavy atom. The van der Waals surface area contributed by atoms with Crippen molar-refractivity contribution in [3.63, 3.8) is 0 Å². The number of hydrogen-bond donors (Lipinski definition) is 2. The maximum atomic E-state index is 13.5. The van der Waals surface area contributed by atoms with E-state index < -0.39 is 16.3 Å². The fraction of sp³-hybridized carbons (Fsp3) is 0.435. The first kappa shape index (κ1) is 29.9. The van der Waals surface area contributed by atoms with Gasteiger partial charge in [-0.1, -0.05) is 29.3 Å². The van der Waals surface area contributed by atoms with Crippen molar-refractivity contribution < 1.29 is 41.8 Å². The number of carbonyl (C=O) groups excluding carboxylic acids is 1. The molecule has 13 heteroatoms. The zero-order chi connectivity index (χ0) is 27.0. The molecule has 0 aliphatic carbocycles. The molecule has 10 nitrogen and oxygen atoms in total. The molecular weight excluding hydrogens is 537 g/mol. The maximum Gasteiger partial charge on any atom is 0.261 e. The molecule has 2 N–H and O–H groups in total. The number of aliphatic hydroxyl groups excluding tert-OH is 1. The molecule has 0 spiro atoms. The predicted molar refractivity (Wildman–Crippen MR) is 135 cm³/mol. The highest BCUT2D eigenvalue weighted by Gasteiger charge is 2.38. The van der Waals surface area contributed by atoms with Gasteiger partial charge in [0.15, 0.2) is 17.7 Å². The quantitative estimate of drug-likeness (QED) is 0.458. The molecule has 0 radical (unpaired) electrons. The van der Waals surface area contributed by atoms with E-state index in [9.17, 15) is 18.3 Å². The molecule has 2 atom stereocenters. The molecule has 0 bridgehead atoms. The van der Waals surface area contributed by atoms with Crippen LogP contribution in [0.3, 0.4) is 0 Å². The lowest BCUT2D eigenvalue weighted by Crippen LogP contribution is -2.32. The Balaban J connectivity index is 0.000000830. The monoisotopic (exact) mass is 565 g/mol. The predicted octanol–water partition coefficient (Wildman–Crippen LogP) is 3.84. The molecule has 2 aromatic carbocycles. The summed E-state index contributed by atoms with van der Waals surface area (Å²) in [4.78, 5) is 15.2. The van der Waals surface area contributed by atoms with Gasteiger partial charge in [0, 0.05) is 17.7 Å². The molecule has 2 aromatic rings. The van der Waals surface area contributed by atoms with Crippen LogP contribution in [-0.2, 0) is 14.9 Å². The van der Waals surface area contributed by atoms with Gasteiger partial charge in [0.25, 0.3) is 16.0 Å². The Hall–Kier alpha value is -2.28. The van der Waals surface area contributed by atoms with Crippen molar-refractivity contribution >= 4 is 39.2 Å². The Morgan fingerprint density at radius 1 is 1.08 bits per heavy atom. The van der Waals surface area contributed by atoms with Crippen molar-refractivity contribution in [2.24, 2.45) is 0 Å². The average Bonchev–Trinajstić information content (AvgIpc) is 3.26. The number of amides is 1. The molecule has 1 heterocycles. The van der Waals surface area contributed by atoms with Gasteiger partial charge in [-0.2, -0.15) is 8.42 Å². The summed E-state index contributed by atoms with van der Waals surface area (Å²) in [5.74, 6) is 0.907. The highest BCUT2D eigenvalue weighted by molar-refractivity contribution is 7.85. The lowest BCUT2D eigenvalue weighted by atomic mass is 10.1. The van der Waals surface area contributed by atoms with Crippen LogP contribution in [0.5, 0.6) is 17.2 Å². The van der Waals surface area contributed by atoms with Crippen LogP contribution in [0, 0.1) is 0 Å². The SMILES string of the molecule is COc1cc(C(=O)N2C[C@@H](CCCO)OC2c2ccc(Cl)c(Cl)c2)cc(OC)c1OC.CS(=O)(=O)O. The fourth-order valence-corrected chi connectivity index (χ4v) is 3.88. The number of carbonyl (C=O) groups is 1. The second kappa shape index (κ2) is 13.3. The van der Waals surface area contributed by atoms with Gasteiger partial charge < -0.3 is 29.0 Å². The maximum absolute atomic E-state index is 13.5. The first-order chi connectivity index (χ1) is 16.9. The third kappa shape index (κ3) is 8.12. The molecule has 1 saturated heterocycles. The molecule has 1 fully saturated rings. The van der Waals surface area contributed by atoms with Gasteiger partial charge in [-0.15, -0.1) is 0 Å². The van der Waals surface area contributed by atoms with E-state index in [1.54, 1.807) is 35.2 Å². The lowest BCUT2D eigenvalue weighted by Gasteiger charge is -2.24. The molecule has 1 aliphatic rings. The van der Waals surface area contributed by atoms with Gasteiger partial charge in [0.1, 0.15) is 0 Å². The Bertz CT molecular complexity index is 1130. The van der Waals surface area contributed by atoms with Gasteiger partial charge in [0.05, 0.1) is 50.3 Å². The fourth-order valence-electron chi connectivity index (χ4n) is 3.58. The van der Waals surface area contributed by atoms with Gasteiger partial charge in [-0.25, -0.2) is 0 Å². The van der Waals surface area contributed by atoms with Crippen molar-refractivity contribution in [3.05, 3.63) is 51.5 Å². The third-order valence-electron chi connectivity index (χ3n) is 5.09. The van der Waals surface area contributed by atoms with E-state index in [2.05, 4.69) is 0 Å². The molecule has 200 valence electrons. The van der Waals surface area contributed by atoms with Crippen molar-refractivity contribution in [2.45, 2.75) is 25.2 Å². The number of nitrogens with zero attached hydrogens (tertiary/aromatic N) is 1. The summed E-state index contributed by atoms with van der Waals surface area (Å²) in [6.07, 6.45) is 1.04. The molecule has 1 aliphatic heterocycles. The Labute approximate surface area is 220 Å². The van der Waals surface area contributed by atoms with E-state index in [-0.39, 0.29) is 18.6 Å². The van der Waals surface area contributed by atoms with Crippen LogP contribution >= 0.6 is 23.2 Å². The van der Waals surface area contributed by atoms with Crippen molar-refractivity contribution in [3.8, 4) is 17.2 Å². The standard InChI is InChI=1S/C22H25Cl2NO6.CH4O3S/c1-28-18-10-14(11-19(29-2)20(18)30-3)21(27)25-12-15(5-4-8-26)31-22(25)13-6-7-16(23)17(24)9-13;1-5(2,3)4/h6-7,9-11,15,22,26H,4-5,8,12H2,1-3H3;1H3,(H,2,3,4)/t15-,22?;/m1./s1. The van der Waals surface area contributed by atoms with Crippen LogP contribution in [0.15, 0.2) is 30.3 Å². The van der Waals surface area contributed by atoms with Crippen LogP contribution in [0.4, 0.5) is 0 Å². The highest BCUT2D eigenvalue weighted by atomic mass is 35.5. The van der Waals surface area contributed by atoms with Crippen LogP contribution in [0.1, 0.15) is 35.0 Å². The van der Waals surface area contributed by atoms with Crippen LogP contribution in [-0.4, -0.2) is 75.7 Å². The smallest absolute Gasteiger partial charge is 0.261 e. The third-order valence-corrected chi connectivity index (χ3v) is 5.83. The topological polar surface area (TPSA) is 132 Å². The number of hydrogen-bond acceptors (Lipinski definition) is 8. The van der Waals surface area contributed by atoms with Crippen molar-refractivity contribution in [2.75, 3.05) is 40.7 Å². The zero-order valence-corrected chi connectivity index (χ0v) is 22.6. The summed E-state index contributed by atoms with van der Waals surface area (Å²) < 4.78 is 48.1. The number of ether oxygens (including phenoxy) is 4. The first-order valence-electron chi connectivity index (χ1n) is 10.7. The van der Waals surface area contributed by atoms with E-state index in [0.29, 0.717) is 64.1 Å². The Morgan fingerprint density at radius 2 is 1.67 bits per heavy atom. The van der Waals surface area contributed by atoms with Crippen molar-refractivity contribution in [1.82, 2.24) is 4.90 Å². The van der Waals surface area contributed by atoms with E-state index in [1.165, 1.54) is 21.3 Å². The van der Waals surface area contributed by atoms with E-state index in [1.807, 2.05) is 0 Å². The molecule has 1 unspecified atom stereocenters. The second-order valence-electron chi connectivity index (χ2n) is 7.75. The highest BCUT2D eigenvalue weighted by Crippen LogP contribution is 2.40. The number of methoxy groups -OCH3 is 3. The Kier molecular flexibility index (Phi) is 11.1. The number of halogens is 2. The minimum Gasteiger partial charge on any atom is -0.493 e.